The van der Waals surface area contributed by atoms with Gasteiger partial charge in [0.25, 0.3) is 0 Å². The third-order valence-corrected chi connectivity index (χ3v) is 3.50. The Morgan fingerprint density at radius 1 is 1.50 bits per heavy atom. The molecular formula is C11H19N3OS. The highest BCUT2D eigenvalue weighted by Gasteiger charge is 2.08. The number of rotatable bonds is 5. The van der Waals surface area contributed by atoms with E-state index in [4.69, 9.17) is 4.74 Å². The lowest BCUT2D eigenvalue weighted by Crippen LogP contribution is -2.40. The monoisotopic (exact) mass is 241 g/mol. The normalized spacial score (nSPS) is 17.8. The zero-order valence-corrected chi connectivity index (χ0v) is 10.6. The fourth-order valence-electron chi connectivity index (χ4n) is 1.77. The van der Waals surface area contributed by atoms with Crippen LogP contribution >= 0.6 is 11.3 Å². The Bertz CT molecular complexity index is 310. The van der Waals surface area contributed by atoms with Crippen molar-refractivity contribution < 1.29 is 4.74 Å². The Kier molecular flexibility index (Phi) is 4.71. The van der Waals surface area contributed by atoms with Crippen LogP contribution in [0.4, 0.5) is 0 Å². The van der Waals surface area contributed by atoms with Crippen LogP contribution in [0, 0.1) is 6.92 Å². The van der Waals surface area contributed by atoms with E-state index in [0.717, 1.165) is 56.6 Å². The summed E-state index contributed by atoms with van der Waals surface area (Å²) in [5.74, 6) is 0. The zero-order chi connectivity index (χ0) is 11.2. The van der Waals surface area contributed by atoms with E-state index >= 15 is 0 Å². The summed E-state index contributed by atoms with van der Waals surface area (Å²) < 4.78 is 5.31. The van der Waals surface area contributed by atoms with Crippen molar-refractivity contribution in [3.8, 4) is 0 Å². The molecule has 0 atom stereocenters. The molecule has 1 fully saturated rings. The summed E-state index contributed by atoms with van der Waals surface area (Å²) in [5, 5.41) is 6.69. The molecule has 1 aliphatic rings. The Labute approximate surface area is 101 Å². The summed E-state index contributed by atoms with van der Waals surface area (Å²) in [6, 6.07) is 0. The first kappa shape index (κ1) is 12.0. The first-order chi connectivity index (χ1) is 7.84. The van der Waals surface area contributed by atoms with Gasteiger partial charge in [0.15, 0.2) is 0 Å². The predicted molar refractivity (Wildman–Crippen MR) is 65.8 cm³/mol. The fourth-order valence-corrected chi connectivity index (χ4v) is 2.38. The highest BCUT2D eigenvalue weighted by molar-refractivity contribution is 7.09. The van der Waals surface area contributed by atoms with E-state index in [1.807, 2.05) is 6.92 Å². The molecule has 0 spiro atoms. The van der Waals surface area contributed by atoms with Crippen LogP contribution in [0.25, 0.3) is 0 Å². The summed E-state index contributed by atoms with van der Waals surface area (Å²) >= 11 is 1.71. The Balaban J connectivity index is 1.57. The molecule has 0 amide bonds. The molecular weight excluding hydrogens is 222 g/mol. The van der Waals surface area contributed by atoms with Gasteiger partial charge in [-0.2, -0.15) is 0 Å². The summed E-state index contributed by atoms with van der Waals surface area (Å²) in [6.07, 6.45) is 0. The van der Waals surface area contributed by atoms with Crippen molar-refractivity contribution in [2.75, 3.05) is 39.4 Å². The van der Waals surface area contributed by atoms with Crippen molar-refractivity contribution >= 4 is 11.3 Å². The van der Waals surface area contributed by atoms with Gasteiger partial charge in [0.2, 0.25) is 0 Å². The molecule has 0 bridgehead atoms. The van der Waals surface area contributed by atoms with Crippen LogP contribution in [0.5, 0.6) is 0 Å². The number of ether oxygens (including phenoxy) is 1. The maximum Gasteiger partial charge on any atom is 0.0897 e. The maximum atomic E-state index is 5.31. The van der Waals surface area contributed by atoms with Crippen molar-refractivity contribution in [2.45, 2.75) is 13.5 Å². The van der Waals surface area contributed by atoms with Crippen molar-refractivity contribution in [2.24, 2.45) is 0 Å². The van der Waals surface area contributed by atoms with Gasteiger partial charge in [0.05, 0.1) is 23.9 Å². The molecule has 4 nitrogen and oxygen atoms in total. The largest absolute Gasteiger partial charge is 0.379 e. The Morgan fingerprint density at radius 3 is 3.00 bits per heavy atom. The van der Waals surface area contributed by atoms with Crippen molar-refractivity contribution in [3.63, 3.8) is 0 Å². The lowest BCUT2D eigenvalue weighted by atomic mass is 10.4. The first-order valence-electron chi connectivity index (χ1n) is 5.76. The number of thiazole rings is 1. The van der Waals surface area contributed by atoms with Gasteiger partial charge in [-0.05, 0) is 6.92 Å². The highest BCUT2D eigenvalue weighted by atomic mass is 32.1. The molecule has 1 aliphatic heterocycles. The number of aromatic nitrogens is 1. The van der Waals surface area contributed by atoms with Crippen molar-refractivity contribution in [3.05, 3.63) is 16.1 Å². The zero-order valence-electron chi connectivity index (χ0n) is 9.74. The molecule has 1 N–H and O–H groups in total. The molecule has 90 valence electrons. The summed E-state index contributed by atoms with van der Waals surface area (Å²) in [7, 11) is 0. The fraction of sp³-hybridized carbons (Fsp3) is 0.727. The minimum Gasteiger partial charge on any atom is -0.379 e. The number of aryl methyl sites for hydroxylation is 1. The predicted octanol–water partition coefficient (Wildman–Crippen LogP) is 0.873. The van der Waals surface area contributed by atoms with Crippen LogP contribution < -0.4 is 5.32 Å². The molecule has 0 aliphatic carbocycles. The smallest absolute Gasteiger partial charge is 0.0897 e. The van der Waals surface area contributed by atoms with Gasteiger partial charge in [-0.3, -0.25) is 4.90 Å². The number of nitrogens with zero attached hydrogens (tertiary/aromatic N) is 2. The average molecular weight is 241 g/mol. The number of nitrogens with one attached hydrogen (secondary N) is 1. The van der Waals surface area contributed by atoms with E-state index in [1.54, 1.807) is 11.3 Å². The van der Waals surface area contributed by atoms with E-state index in [-0.39, 0.29) is 0 Å². The van der Waals surface area contributed by atoms with Gasteiger partial charge in [-0.15, -0.1) is 11.3 Å². The van der Waals surface area contributed by atoms with Gasteiger partial charge in [-0.1, -0.05) is 0 Å². The van der Waals surface area contributed by atoms with Crippen LogP contribution in [0.1, 0.15) is 10.7 Å². The first-order valence-corrected chi connectivity index (χ1v) is 6.64. The molecule has 2 heterocycles. The Morgan fingerprint density at radius 2 is 2.31 bits per heavy atom. The third kappa shape index (κ3) is 3.83. The standard InChI is InChI=1S/C11H19N3OS/c1-10-13-11(9-16-10)8-12-2-3-14-4-6-15-7-5-14/h9,12H,2-8H2,1H3. The van der Waals surface area contributed by atoms with E-state index in [0.29, 0.717) is 0 Å². The van der Waals surface area contributed by atoms with Crippen LogP contribution in [-0.4, -0.2) is 49.3 Å². The molecule has 1 saturated heterocycles. The van der Waals surface area contributed by atoms with E-state index in [1.165, 1.54) is 0 Å². The van der Waals surface area contributed by atoms with Crippen molar-refractivity contribution in [1.29, 1.82) is 0 Å². The molecule has 5 heteroatoms. The summed E-state index contributed by atoms with van der Waals surface area (Å²) in [4.78, 5) is 6.85. The van der Waals surface area contributed by atoms with Gasteiger partial charge >= 0.3 is 0 Å². The average Bonchev–Trinajstić information content (AvgIpc) is 2.72. The lowest BCUT2D eigenvalue weighted by Gasteiger charge is -2.26. The van der Waals surface area contributed by atoms with Crippen LogP contribution in [0.15, 0.2) is 5.38 Å². The van der Waals surface area contributed by atoms with E-state index in [9.17, 15) is 0 Å². The van der Waals surface area contributed by atoms with E-state index < -0.39 is 0 Å². The van der Waals surface area contributed by atoms with Gasteiger partial charge < -0.3 is 10.1 Å². The maximum absolute atomic E-state index is 5.31. The molecule has 0 saturated carbocycles. The van der Waals surface area contributed by atoms with Crippen LogP contribution in [0.3, 0.4) is 0 Å². The molecule has 1 aromatic rings. The second-order valence-corrected chi connectivity index (χ2v) is 5.05. The second kappa shape index (κ2) is 6.30. The molecule has 2 rings (SSSR count). The van der Waals surface area contributed by atoms with Gasteiger partial charge in [0, 0.05) is 38.1 Å². The number of hydrogen-bond acceptors (Lipinski definition) is 5. The highest BCUT2D eigenvalue weighted by Crippen LogP contribution is 2.07. The van der Waals surface area contributed by atoms with E-state index in [2.05, 4.69) is 20.6 Å². The lowest BCUT2D eigenvalue weighted by molar-refractivity contribution is 0.0384. The topological polar surface area (TPSA) is 37.4 Å². The quantitative estimate of drug-likeness (QED) is 0.776. The molecule has 0 aromatic carbocycles. The van der Waals surface area contributed by atoms with Gasteiger partial charge in [-0.25, -0.2) is 4.98 Å². The third-order valence-electron chi connectivity index (χ3n) is 2.68. The summed E-state index contributed by atoms with van der Waals surface area (Å²) in [5.41, 5.74) is 1.16. The van der Waals surface area contributed by atoms with Gasteiger partial charge in [0.1, 0.15) is 0 Å². The van der Waals surface area contributed by atoms with Crippen LogP contribution in [0.2, 0.25) is 0 Å². The molecule has 1 aromatic heterocycles. The van der Waals surface area contributed by atoms with Crippen LogP contribution in [-0.2, 0) is 11.3 Å². The second-order valence-electron chi connectivity index (χ2n) is 3.99. The minimum atomic E-state index is 0.880. The molecule has 0 unspecified atom stereocenters. The van der Waals surface area contributed by atoms with Crippen molar-refractivity contribution in [1.82, 2.24) is 15.2 Å². The summed E-state index contributed by atoms with van der Waals surface area (Å²) in [6.45, 7) is 8.95. The minimum absolute atomic E-state index is 0.880. The number of hydrogen-bond donors (Lipinski definition) is 1. The SMILES string of the molecule is Cc1nc(CNCCN2CCOCC2)cs1. The molecule has 16 heavy (non-hydrogen) atoms. The molecule has 0 radical (unpaired) electrons. The number of morpholine rings is 1. The Hall–Kier alpha value is -0.490.